The number of hydrogen-bond acceptors (Lipinski definition) is 3. The highest BCUT2D eigenvalue weighted by Crippen LogP contribution is 2.13. The SMILES string of the molecule is CN1CCCC1CNC(=O)Cc1ccc(S)cc1. The van der Waals surface area contributed by atoms with Gasteiger partial charge in [0.2, 0.25) is 5.91 Å². The van der Waals surface area contributed by atoms with E-state index in [0.717, 1.165) is 23.5 Å². The molecule has 1 heterocycles. The molecule has 4 heteroatoms. The maximum absolute atomic E-state index is 11.8. The summed E-state index contributed by atoms with van der Waals surface area (Å²) in [7, 11) is 2.12. The fourth-order valence-corrected chi connectivity index (χ4v) is 2.48. The van der Waals surface area contributed by atoms with Crippen LogP contribution in [0.5, 0.6) is 0 Å². The third-order valence-corrected chi connectivity index (χ3v) is 3.81. The molecule has 1 aliphatic rings. The summed E-state index contributed by atoms with van der Waals surface area (Å²) in [6.07, 6.45) is 2.87. The minimum Gasteiger partial charge on any atom is -0.354 e. The molecule has 0 aliphatic carbocycles. The van der Waals surface area contributed by atoms with Gasteiger partial charge in [0, 0.05) is 17.5 Å². The highest BCUT2D eigenvalue weighted by Gasteiger charge is 2.20. The Morgan fingerprint density at radius 1 is 1.44 bits per heavy atom. The largest absolute Gasteiger partial charge is 0.354 e. The van der Waals surface area contributed by atoms with Crippen molar-refractivity contribution in [1.29, 1.82) is 0 Å². The van der Waals surface area contributed by atoms with Crippen molar-refractivity contribution in [1.82, 2.24) is 10.2 Å². The van der Waals surface area contributed by atoms with Crippen molar-refractivity contribution >= 4 is 18.5 Å². The lowest BCUT2D eigenvalue weighted by Gasteiger charge is -2.19. The monoisotopic (exact) mass is 264 g/mol. The van der Waals surface area contributed by atoms with E-state index in [1.54, 1.807) is 0 Å². The van der Waals surface area contributed by atoms with Crippen LogP contribution in [-0.4, -0.2) is 37.0 Å². The third kappa shape index (κ3) is 3.75. The molecule has 1 atom stereocenters. The number of hydrogen-bond donors (Lipinski definition) is 2. The van der Waals surface area contributed by atoms with Crippen molar-refractivity contribution in [2.75, 3.05) is 20.1 Å². The molecule has 2 rings (SSSR count). The highest BCUT2D eigenvalue weighted by atomic mass is 32.1. The topological polar surface area (TPSA) is 32.3 Å². The number of carbonyl (C=O) groups is 1. The van der Waals surface area contributed by atoms with Gasteiger partial charge in [-0.3, -0.25) is 4.79 Å². The van der Waals surface area contributed by atoms with Gasteiger partial charge in [-0.05, 0) is 44.1 Å². The number of amides is 1. The molecule has 1 aliphatic heterocycles. The molecule has 0 radical (unpaired) electrons. The maximum atomic E-state index is 11.8. The number of carbonyl (C=O) groups excluding carboxylic acids is 1. The molecule has 3 nitrogen and oxygen atoms in total. The molecule has 0 aromatic heterocycles. The van der Waals surface area contributed by atoms with Crippen LogP contribution in [0.1, 0.15) is 18.4 Å². The lowest BCUT2D eigenvalue weighted by atomic mass is 10.1. The second-order valence-corrected chi connectivity index (χ2v) is 5.44. The van der Waals surface area contributed by atoms with Crippen molar-refractivity contribution in [3.63, 3.8) is 0 Å². The van der Waals surface area contributed by atoms with Crippen molar-refractivity contribution in [3.05, 3.63) is 29.8 Å². The number of thiol groups is 1. The van der Waals surface area contributed by atoms with Crippen LogP contribution in [-0.2, 0) is 11.2 Å². The predicted molar refractivity (Wildman–Crippen MR) is 76.1 cm³/mol. The number of likely N-dealkylation sites (N-methyl/N-ethyl adjacent to an activating group) is 1. The van der Waals surface area contributed by atoms with Crippen molar-refractivity contribution in [3.8, 4) is 0 Å². The van der Waals surface area contributed by atoms with Crippen LogP contribution in [0, 0.1) is 0 Å². The average Bonchev–Trinajstić information content (AvgIpc) is 2.75. The van der Waals surface area contributed by atoms with Crippen LogP contribution < -0.4 is 5.32 Å². The molecule has 1 amide bonds. The lowest BCUT2D eigenvalue weighted by molar-refractivity contribution is -0.120. The Bertz CT molecular complexity index is 405. The minimum atomic E-state index is 0.0993. The molecule has 18 heavy (non-hydrogen) atoms. The van der Waals surface area contributed by atoms with Crippen LogP contribution >= 0.6 is 12.6 Å². The molecule has 0 bridgehead atoms. The number of likely N-dealkylation sites (tertiary alicyclic amines) is 1. The fourth-order valence-electron chi connectivity index (χ4n) is 2.33. The summed E-state index contributed by atoms with van der Waals surface area (Å²) in [4.78, 5) is 15.1. The molecule has 1 N–H and O–H groups in total. The van der Waals surface area contributed by atoms with Gasteiger partial charge in [0.05, 0.1) is 6.42 Å². The first kappa shape index (κ1) is 13.4. The van der Waals surface area contributed by atoms with Gasteiger partial charge >= 0.3 is 0 Å². The van der Waals surface area contributed by atoms with Gasteiger partial charge in [0.1, 0.15) is 0 Å². The van der Waals surface area contributed by atoms with E-state index in [1.165, 1.54) is 12.8 Å². The molecule has 1 aromatic carbocycles. The summed E-state index contributed by atoms with van der Waals surface area (Å²) >= 11 is 4.23. The Hall–Kier alpha value is -1.00. The van der Waals surface area contributed by atoms with E-state index in [4.69, 9.17) is 0 Å². The van der Waals surface area contributed by atoms with E-state index in [2.05, 4.69) is 29.9 Å². The molecule has 1 unspecified atom stereocenters. The molecule has 1 saturated heterocycles. The Morgan fingerprint density at radius 3 is 2.78 bits per heavy atom. The summed E-state index contributed by atoms with van der Waals surface area (Å²) in [5.41, 5.74) is 1.03. The van der Waals surface area contributed by atoms with E-state index in [-0.39, 0.29) is 5.91 Å². The summed E-state index contributed by atoms with van der Waals surface area (Å²) in [6.45, 7) is 1.91. The summed E-state index contributed by atoms with van der Waals surface area (Å²) in [5, 5.41) is 3.02. The number of nitrogens with zero attached hydrogens (tertiary/aromatic N) is 1. The predicted octanol–water partition coefficient (Wildman–Crippen LogP) is 1.73. The van der Waals surface area contributed by atoms with Crippen LogP contribution in [0.25, 0.3) is 0 Å². The Labute approximate surface area is 114 Å². The molecule has 98 valence electrons. The standard InChI is InChI=1S/C14H20N2OS/c1-16-8-2-3-12(16)10-15-14(17)9-11-4-6-13(18)7-5-11/h4-7,12,18H,2-3,8-10H2,1H3,(H,15,17). The van der Waals surface area contributed by atoms with Crippen LogP contribution in [0.2, 0.25) is 0 Å². The van der Waals surface area contributed by atoms with E-state index >= 15 is 0 Å². The van der Waals surface area contributed by atoms with E-state index in [1.807, 2.05) is 24.3 Å². The van der Waals surface area contributed by atoms with Crippen molar-refractivity contribution < 1.29 is 4.79 Å². The van der Waals surface area contributed by atoms with Gasteiger partial charge < -0.3 is 10.2 Å². The van der Waals surface area contributed by atoms with E-state index in [0.29, 0.717) is 12.5 Å². The summed E-state index contributed by atoms with van der Waals surface area (Å²) in [5.74, 6) is 0.0993. The Kier molecular flexibility index (Phi) is 4.66. The van der Waals surface area contributed by atoms with Gasteiger partial charge in [0.15, 0.2) is 0 Å². The first-order valence-corrected chi connectivity index (χ1v) is 6.85. The zero-order valence-corrected chi connectivity index (χ0v) is 11.6. The molecule has 1 aromatic rings. The van der Waals surface area contributed by atoms with Crippen LogP contribution in [0.15, 0.2) is 29.2 Å². The average molecular weight is 264 g/mol. The summed E-state index contributed by atoms with van der Waals surface area (Å²) < 4.78 is 0. The third-order valence-electron chi connectivity index (χ3n) is 3.51. The van der Waals surface area contributed by atoms with Gasteiger partial charge in [-0.2, -0.15) is 0 Å². The molecular formula is C14H20N2OS. The minimum absolute atomic E-state index is 0.0993. The normalized spacial score (nSPS) is 20.0. The Morgan fingerprint density at radius 2 is 2.17 bits per heavy atom. The second-order valence-electron chi connectivity index (χ2n) is 4.92. The molecule has 0 saturated carbocycles. The van der Waals surface area contributed by atoms with Gasteiger partial charge in [-0.1, -0.05) is 12.1 Å². The van der Waals surface area contributed by atoms with Crippen LogP contribution in [0.4, 0.5) is 0 Å². The van der Waals surface area contributed by atoms with E-state index in [9.17, 15) is 4.79 Å². The van der Waals surface area contributed by atoms with E-state index < -0.39 is 0 Å². The zero-order chi connectivity index (χ0) is 13.0. The van der Waals surface area contributed by atoms with Crippen molar-refractivity contribution in [2.24, 2.45) is 0 Å². The lowest BCUT2D eigenvalue weighted by Crippen LogP contribution is -2.38. The summed E-state index contributed by atoms with van der Waals surface area (Å²) in [6, 6.07) is 8.23. The molecule has 1 fully saturated rings. The van der Waals surface area contributed by atoms with Crippen molar-refractivity contribution in [2.45, 2.75) is 30.2 Å². The zero-order valence-electron chi connectivity index (χ0n) is 10.7. The second kappa shape index (κ2) is 6.25. The van der Waals surface area contributed by atoms with Gasteiger partial charge in [-0.15, -0.1) is 12.6 Å². The molecular weight excluding hydrogens is 244 g/mol. The number of rotatable bonds is 4. The number of benzene rings is 1. The van der Waals surface area contributed by atoms with Crippen LogP contribution in [0.3, 0.4) is 0 Å². The molecule has 0 spiro atoms. The first-order valence-electron chi connectivity index (χ1n) is 6.40. The number of nitrogens with one attached hydrogen (secondary N) is 1. The van der Waals surface area contributed by atoms with Gasteiger partial charge in [-0.25, -0.2) is 0 Å². The Balaban J connectivity index is 1.76. The first-order chi connectivity index (χ1) is 8.65. The quantitative estimate of drug-likeness (QED) is 0.812. The maximum Gasteiger partial charge on any atom is 0.224 e. The highest BCUT2D eigenvalue weighted by molar-refractivity contribution is 7.80. The van der Waals surface area contributed by atoms with Gasteiger partial charge in [0.25, 0.3) is 0 Å². The smallest absolute Gasteiger partial charge is 0.224 e. The fraction of sp³-hybridized carbons (Fsp3) is 0.500.